The molecule has 2 aromatic rings. The van der Waals surface area contributed by atoms with Gasteiger partial charge in [-0.3, -0.25) is 0 Å². The van der Waals surface area contributed by atoms with Gasteiger partial charge in [-0.2, -0.15) is 0 Å². The Hall–Kier alpha value is -1.89. The molecular formula is C17H15Cl2NO4S. The highest BCUT2D eigenvalue weighted by atomic mass is 35.5. The maximum atomic E-state index is 12.4. The van der Waals surface area contributed by atoms with E-state index >= 15 is 0 Å². The van der Waals surface area contributed by atoms with Crippen LogP contribution < -0.4 is 0 Å². The van der Waals surface area contributed by atoms with Crippen molar-refractivity contribution in [2.75, 3.05) is 0 Å². The largest absolute Gasteiger partial charge is 0.336 e. The minimum Gasteiger partial charge on any atom is -0.318 e. The zero-order chi connectivity index (χ0) is 18.4. The fourth-order valence-corrected chi connectivity index (χ4v) is 3.52. The second-order valence-corrected chi connectivity index (χ2v) is 8.50. The highest BCUT2D eigenvalue weighted by Gasteiger charge is 2.26. The summed E-state index contributed by atoms with van der Waals surface area (Å²) in [6.45, 7) is 1.44. The molecule has 0 heterocycles. The highest BCUT2D eigenvalue weighted by molar-refractivity contribution is 7.92. The number of oxime groups is 1. The molecule has 0 aliphatic heterocycles. The first-order valence-corrected chi connectivity index (χ1v) is 9.57. The van der Waals surface area contributed by atoms with Crippen molar-refractivity contribution < 1.29 is 18.0 Å². The molecule has 0 saturated heterocycles. The molecule has 25 heavy (non-hydrogen) atoms. The van der Waals surface area contributed by atoms with Crippen molar-refractivity contribution in [1.29, 1.82) is 0 Å². The van der Waals surface area contributed by atoms with Crippen LogP contribution in [0.25, 0.3) is 0 Å². The summed E-state index contributed by atoms with van der Waals surface area (Å²) in [4.78, 5) is 16.6. The van der Waals surface area contributed by atoms with Gasteiger partial charge in [-0.25, -0.2) is 13.2 Å². The smallest absolute Gasteiger partial charge is 0.318 e. The molecule has 0 amide bonds. The molecule has 0 aliphatic rings. The lowest BCUT2D eigenvalue weighted by Crippen LogP contribution is -2.22. The Balaban J connectivity index is 1.95. The standard InChI is InChI=1S/C17H15Cl2NO4S/c1-12(25(22,23)16-8-6-15(19)7-9-16)10-17(21)24-20-11-13-2-4-14(18)5-3-13/h2-9,11-12H,10H2,1H3/b20-11-/t12-/m0/s1. The van der Waals surface area contributed by atoms with Gasteiger partial charge < -0.3 is 4.84 Å². The molecule has 0 fully saturated rings. The summed E-state index contributed by atoms with van der Waals surface area (Å²) >= 11 is 11.5. The Labute approximate surface area is 156 Å². The van der Waals surface area contributed by atoms with Gasteiger partial charge in [0.05, 0.1) is 22.8 Å². The van der Waals surface area contributed by atoms with Crippen LogP contribution in [0, 0.1) is 0 Å². The SMILES string of the molecule is C[C@@H](CC(=O)O/N=C\c1ccc(Cl)cc1)S(=O)(=O)c1ccc(Cl)cc1. The maximum Gasteiger partial charge on any atom is 0.336 e. The third-order valence-electron chi connectivity index (χ3n) is 3.35. The molecule has 0 unspecified atom stereocenters. The number of carbonyl (C=O) groups excluding carboxylic acids is 1. The molecule has 0 N–H and O–H groups in total. The van der Waals surface area contributed by atoms with E-state index in [0.717, 1.165) is 0 Å². The van der Waals surface area contributed by atoms with E-state index in [1.54, 1.807) is 24.3 Å². The summed E-state index contributed by atoms with van der Waals surface area (Å²) in [5.74, 6) is -0.741. The Kier molecular flexibility index (Phi) is 6.58. The molecule has 132 valence electrons. The van der Waals surface area contributed by atoms with Gasteiger partial charge >= 0.3 is 5.97 Å². The molecule has 5 nitrogen and oxygen atoms in total. The van der Waals surface area contributed by atoms with Gasteiger partial charge in [-0.05, 0) is 48.9 Å². The Morgan fingerprint density at radius 2 is 1.60 bits per heavy atom. The van der Waals surface area contributed by atoms with Gasteiger partial charge in [0.15, 0.2) is 9.84 Å². The molecule has 0 aliphatic carbocycles. The van der Waals surface area contributed by atoms with E-state index in [1.165, 1.54) is 37.4 Å². The summed E-state index contributed by atoms with van der Waals surface area (Å²) in [6.07, 6.45) is 1.02. The maximum absolute atomic E-state index is 12.4. The predicted octanol–water partition coefficient (Wildman–Crippen LogP) is 4.12. The van der Waals surface area contributed by atoms with Crippen molar-refractivity contribution in [3.8, 4) is 0 Å². The first kappa shape index (κ1) is 19.4. The van der Waals surface area contributed by atoms with Crippen LogP contribution >= 0.6 is 23.2 Å². The first-order chi connectivity index (χ1) is 11.8. The zero-order valence-electron chi connectivity index (χ0n) is 13.2. The van der Waals surface area contributed by atoms with Crippen LogP contribution in [0.15, 0.2) is 58.6 Å². The number of carbonyl (C=O) groups is 1. The number of nitrogens with zero attached hydrogens (tertiary/aromatic N) is 1. The van der Waals surface area contributed by atoms with E-state index in [2.05, 4.69) is 5.16 Å². The van der Waals surface area contributed by atoms with E-state index in [-0.39, 0.29) is 11.3 Å². The molecule has 0 saturated carbocycles. The topological polar surface area (TPSA) is 72.8 Å². The molecule has 8 heteroatoms. The van der Waals surface area contributed by atoms with E-state index in [9.17, 15) is 13.2 Å². The minimum atomic E-state index is -3.66. The number of benzene rings is 2. The minimum absolute atomic E-state index is 0.0989. The molecule has 0 bridgehead atoms. The third kappa shape index (κ3) is 5.56. The fourth-order valence-electron chi connectivity index (χ4n) is 1.93. The first-order valence-electron chi connectivity index (χ1n) is 7.27. The number of sulfone groups is 1. The normalized spacial score (nSPS) is 12.9. The average Bonchev–Trinajstić information content (AvgIpc) is 2.57. The monoisotopic (exact) mass is 399 g/mol. The summed E-state index contributed by atoms with van der Waals surface area (Å²) in [7, 11) is -3.66. The lowest BCUT2D eigenvalue weighted by molar-refractivity contribution is -0.143. The van der Waals surface area contributed by atoms with Crippen LogP contribution in [0.3, 0.4) is 0 Å². The number of hydrogen-bond acceptors (Lipinski definition) is 5. The van der Waals surface area contributed by atoms with Crippen molar-refractivity contribution in [1.82, 2.24) is 0 Å². The van der Waals surface area contributed by atoms with E-state index < -0.39 is 21.1 Å². The fraction of sp³-hybridized carbons (Fsp3) is 0.176. The van der Waals surface area contributed by atoms with Gasteiger partial charge in [0.25, 0.3) is 0 Å². The summed E-state index contributed by atoms with van der Waals surface area (Å²) in [6, 6.07) is 12.5. The summed E-state index contributed by atoms with van der Waals surface area (Å²) in [5.41, 5.74) is 0.694. The van der Waals surface area contributed by atoms with E-state index in [1.807, 2.05) is 0 Å². The highest BCUT2D eigenvalue weighted by Crippen LogP contribution is 2.20. The van der Waals surface area contributed by atoms with Gasteiger partial charge in [-0.15, -0.1) is 0 Å². The van der Waals surface area contributed by atoms with Crippen molar-refractivity contribution in [2.45, 2.75) is 23.5 Å². The van der Waals surface area contributed by atoms with Gasteiger partial charge in [0.1, 0.15) is 0 Å². The molecule has 1 atom stereocenters. The molecular weight excluding hydrogens is 385 g/mol. The van der Waals surface area contributed by atoms with Crippen LogP contribution in [-0.4, -0.2) is 25.9 Å². The van der Waals surface area contributed by atoms with Crippen LogP contribution in [0.4, 0.5) is 0 Å². The second kappa shape index (κ2) is 8.47. The lowest BCUT2D eigenvalue weighted by atomic mass is 10.2. The number of hydrogen-bond donors (Lipinski definition) is 0. The molecule has 0 spiro atoms. The van der Waals surface area contributed by atoms with Gasteiger partial charge in [0, 0.05) is 10.0 Å². The lowest BCUT2D eigenvalue weighted by Gasteiger charge is -2.11. The summed E-state index contributed by atoms with van der Waals surface area (Å²) in [5, 5.41) is 3.62. The Bertz CT molecular complexity index is 863. The van der Waals surface area contributed by atoms with Crippen molar-refractivity contribution >= 4 is 45.2 Å². The van der Waals surface area contributed by atoms with Crippen LogP contribution in [-0.2, 0) is 19.5 Å². The predicted molar refractivity (Wildman–Crippen MR) is 97.9 cm³/mol. The van der Waals surface area contributed by atoms with Gasteiger partial charge in [-0.1, -0.05) is 40.5 Å². The van der Waals surface area contributed by atoms with Crippen molar-refractivity contribution in [2.24, 2.45) is 5.16 Å². The molecule has 2 aromatic carbocycles. The number of halogens is 2. The summed E-state index contributed by atoms with van der Waals surface area (Å²) < 4.78 is 24.8. The zero-order valence-corrected chi connectivity index (χ0v) is 15.6. The number of rotatable bonds is 6. The van der Waals surface area contributed by atoms with Crippen molar-refractivity contribution in [3.63, 3.8) is 0 Å². The second-order valence-electron chi connectivity index (χ2n) is 5.26. The third-order valence-corrected chi connectivity index (χ3v) is 6.01. The molecule has 2 rings (SSSR count). The molecule has 0 aromatic heterocycles. The average molecular weight is 400 g/mol. The quantitative estimate of drug-likeness (QED) is 0.415. The van der Waals surface area contributed by atoms with Gasteiger partial charge in [0.2, 0.25) is 0 Å². The van der Waals surface area contributed by atoms with E-state index in [0.29, 0.717) is 15.6 Å². The Morgan fingerprint density at radius 3 is 2.16 bits per heavy atom. The van der Waals surface area contributed by atoms with Crippen molar-refractivity contribution in [3.05, 3.63) is 64.1 Å². The van der Waals surface area contributed by atoms with Crippen LogP contribution in [0.5, 0.6) is 0 Å². The molecule has 0 radical (unpaired) electrons. The van der Waals surface area contributed by atoms with E-state index in [4.69, 9.17) is 28.0 Å². The Morgan fingerprint density at radius 1 is 1.08 bits per heavy atom. The van der Waals surface area contributed by atoms with Crippen LogP contribution in [0.2, 0.25) is 10.0 Å². The van der Waals surface area contributed by atoms with Crippen LogP contribution in [0.1, 0.15) is 18.9 Å².